The van der Waals surface area contributed by atoms with Gasteiger partial charge < -0.3 is 15.4 Å². The average molecular weight is 390 g/mol. The summed E-state index contributed by atoms with van der Waals surface area (Å²) in [4.78, 5) is 32.9. The summed E-state index contributed by atoms with van der Waals surface area (Å²) < 4.78 is 5.20. The Morgan fingerprint density at radius 3 is 2.62 bits per heavy atom. The molecular weight excluding hydrogens is 368 g/mol. The zero-order chi connectivity index (χ0) is 20.5. The number of hydrogen-bond donors (Lipinski definition) is 2. The van der Waals surface area contributed by atoms with E-state index in [-0.39, 0.29) is 17.5 Å². The van der Waals surface area contributed by atoms with Crippen molar-refractivity contribution in [1.29, 1.82) is 0 Å². The van der Waals surface area contributed by atoms with E-state index in [1.165, 1.54) is 12.3 Å². The second-order valence-electron chi connectivity index (χ2n) is 6.29. The van der Waals surface area contributed by atoms with E-state index in [0.717, 1.165) is 17.0 Å². The maximum Gasteiger partial charge on any atom is 0.269 e. The third-order valence-electron chi connectivity index (χ3n) is 4.24. The molecule has 0 atom stereocenters. The molecule has 0 bridgehead atoms. The van der Waals surface area contributed by atoms with Crippen molar-refractivity contribution in [2.45, 2.75) is 13.0 Å². The zero-order valence-electron chi connectivity index (χ0n) is 16.1. The molecule has 0 aliphatic carbocycles. The number of carbonyl (C=O) groups is 2. The van der Waals surface area contributed by atoms with Crippen LogP contribution in [0.15, 0.2) is 67.0 Å². The summed E-state index contributed by atoms with van der Waals surface area (Å²) in [6.45, 7) is 0.758. The summed E-state index contributed by atoms with van der Waals surface area (Å²) in [7, 11) is 1.62. The van der Waals surface area contributed by atoms with Gasteiger partial charge in [-0.05, 0) is 48.4 Å². The van der Waals surface area contributed by atoms with Crippen molar-refractivity contribution in [1.82, 2.24) is 20.6 Å². The molecule has 0 radical (unpaired) electrons. The molecule has 0 saturated carbocycles. The van der Waals surface area contributed by atoms with Crippen LogP contribution >= 0.6 is 0 Å². The second-order valence-corrected chi connectivity index (χ2v) is 6.29. The first-order valence-electron chi connectivity index (χ1n) is 9.21. The van der Waals surface area contributed by atoms with Crippen molar-refractivity contribution in [3.8, 4) is 5.75 Å². The molecule has 0 aliphatic rings. The lowest BCUT2D eigenvalue weighted by Gasteiger charge is -2.08. The number of carbonyl (C=O) groups excluding carboxylic acids is 2. The predicted molar refractivity (Wildman–Crippen MR) is 109 cm³/mol. The van der Waals surface area contributed by atoms with Gasteiger partial charge in [-0.25, -0.2) is 0 Å². The molecule has 0 fully saturated rings. The van der Waals surface area contributed by atoms with Crippen LogP contribution in [0.4, 0.5) is 0 Å². The van der Waals surface area contributed by atoms with E-state index in [4.69, 9.17) is 4.74 Å². The van der Waals surface area contributed by atoms with Gasteiger partial charge in [0.25, 0.3) is 11.8 Å². The molecule has 1 aromatic carbocycles. The van der Waals surface area contributed by atoms with Crippen LogP contribution in [0, 0.1) is 0 Å². The molecule has 2 N–H and O–H groups in total. The minimum absolute atomic E-state index is 0.195. The van der Waals surface area contributed by atoms with Crippen molar-refractivity contribution in [2.75, 3.05) is 13.7 Å². The Labute approximate surface area is 169 Å². The van der Waals surface area contributed by atoms with Gasteiger partial charge in [-0.15, -0.1) is 0 Å². The summed E-state index contributed by atoms with van der Waals surface area (Å²) in [5.74, 6) is 0.163. The Bertz CT molecular complexity index is 977. The van der Waals surface area contributed by atoms with Gasteiger partial charge in [0.1, 0.15) is 11.4 Å². The van der Waals surface area contributed by atoms with Crippen LogP contribution < -0.4 is 15.4 Å². The van der Waals surface area contributed by atoms with Gasteiger partial charge >= 0.3 is 0 Å². The van der Waals surface area contributed by atoms with Crippen molar-refractivity contribution >= 4 is 11.8 Å². The van der Waals surface area contributed by atoms with Gasteiger partial charge in [-0.1, -0.05) is 18.2 Å². The van der Waals surface area contributed by atoms with Gasteiger partial charge in [0.2, 0.25) is 0 Å². The maximum atomic E-state index is 12.4. The Morgan fingerprint density at radius 2 is 1.83 bits per heavy atom. The minimum atomic E-state index is -0.327. The van der Waals surface area contributed by atoms with Gasteiger partial charge in [0.15, 0.2) is 0 Å². The second kappa shape index (κ2) is 9.98. The third-order valence-corrected chi connectivity index (χ3v) is 4.24. The van der Waals surface area contributed by atoms with Crippen molar-refractivity contribution < 1.29 is 14.3 Å². The summed E-state index contributed by atoms with van der Waals surface area (Å²) in [6, 6.07) is 16.2. The van der Waals surface area contributed by atoms with E-state index in [1.807, 2.05) is 42.5 Å². The number of nitrogens with one attached hydrogen (secondary N) is 2. The molecule has 3 rings (SSSR count). The summed E-state index contributed by atoms with van der Waals surface area (Å²) in [5.41, 5.74) is 2.38. The highest BCUT2D eigenvalue weighted by molar-refractivity contribution is 5.98. The van der Waals surface area contributed by atoms with Crippen LogP contribution in [-0.2, 0) is 13.0 Å². The first-order chi connectivity index (χ1) is 14.2. The summed E-state index contributed by atoms with van der Waals surface area (Å²) in [6.07, 6.45) is 3.78. The van der Waals surface area contributed by atoms with Crippen LogP contribution in [0.2, 0.25) is 0 Å². The molecule has 148 valence electrons. The molecule has 2 heterocycles. The van der Waals surface area contributed by atoms with E-state index in [9.17, 15) is 9.59 Å². The largest absolute Gasteiger partial charge is 0.497 e. The number of aromatic nitrogens is 2. The van der Waals surface area contributed by atoms with Crippen LogP contribution in [0.3, 0.4) is 0 Å². The number of pyridine rings is 2. The summed E-state index contributed by atoms with van der Waals surface area (Å²) in [5, 5.41) is 5.61. The van der Waals surface area contributed by atoms with Crippen molar-refractivity contribution in [2.24, 2.45) is 0 Å². The van der Waals surface area contributed by atoms with Crippen LogP contribution in [0.25, 0.3) is 0 Å². The van der Waals surface area contributed by atoms with E-state index >= 15 is 0 Å². The number of ether oxygens (including phenoxy) is 1. The molecule has 7 heteroatoms. The zero-order valence-corrected chi connectivity index (χ0v) is 16.1. The number of benzene rings is 1. The minimum Gasteiger partial charge on any atom is -0.497 e. The third kappa shape index (κ3) is 5.87. The fraction of sp³-hybridized carbons (Fsp3) is 0.182. The maximum absolute atomic E-state index is 12.4. The van der Waals surface area contributed by atoms with Gasteiger partial charge in [0, 0.05) is 24.5 Å². The molecule has 2 amide bonds. The molecule has 7 nitrogen and oxygen atoms in total. The molecule has 0 aliphatic heterocycles. The van der Waals surface area contributed by atoms with Crippen molar-refractivity contribution in [3.05, 3.63) is 89.5 Å². The Morgan fingerprint density at radius 1 is 0.931 bits per heavy atom. The molecule has 29 heavy (non-hydrogen) atoms. The standard InChI is InChI=1S/C22H22N4O3/c1-29-19-7-4-5-16(13-19)8-11-25-22(28)20-14-17(9-12-24-20)21(27)26-15-18-6-2-3-10-23-18/h2-7,9-10,12-14H,8,11,15H2,1H3,(H,25,28)(H,26,27). The fourth-order valence-corrected chi connectivity index (χ4v) is 2.71. The Hall–Kier alpha value is -3.74. The van der Waals surface area contributed by atoms with Gasteiger partial charge in [-0.3, -0.25) is 19.6 Å². The van der Waals surface area contributed by atoms with Gasteiger partial charge in [0.05, 0.1) is 19.3 Å². The number of methoxy groups -OCH3 is 1. The lowest BCUT2D eigenvalue weighted by molar-refractivity contribution is 0.0949. The first-order valence-corrected chi connectivity index (χ1v) is 9.21. The normalized spacial score (nSPS) is 10.2. The van der Waals surface area contributed by atoms with E-state index in [1.54, 1.807) is 19.4 Å². The van der Waals surface area contributed by atoms with Crippen LogP contribution in [0.1, 0.15) is 32.1 Å². The Kier molecular flexibility index (Phi) is 6.89. The lowest BCUT2D eigenvalue weighted by atomic mass is 10.1. The molecule has 0 unspecified atom stereocenters. The number of amides is 2. The Balaban J connectivity index is 1.53. The molecule has 0 saturated heterocycles. The summed E-state index contributed by atoms with van der Waals surface area (Å²) >= 11 is 0. The molecule has 3 aromatic rings. The smallest absolute Gasteiger partial charge is 0.269 e. The van der Waals surface area contributed by atoms with Crippen LogP contribution in [0.5, 0.6) is 5.75 Å². The monoisotopic (exact) mass is 390 g/mol. The highest BCUT2D eigenvalue weighted by Crippen LogP contribution is 2.12. The fourth-order valence-electron chi connectivity index (χ4n) is 2.71. The molecule has 0 spiro atoms. The first kappa shape index (κ1) is 20.0. The number of nitrogens with zero attached hydrogens (tertiary/aromatic N) is 2. The average Bonchev–Trinajstić information content (AvgIpc) is 2.78. The lowest BCUT2D eigenvalue weighted by Crippen LogP contribution is -2.28. The predicted octanol–water partition coefficient (Wildman–Crippen LogP) is 2.39. The number of hydrogen-bond acceptors (Lipinski definition) is 5. The van der Waals surface area contributed by atoms with E-state index in [2.05, 4.69) is 20.6 Å². The van der Waals surface area contributed by atoms with E-state index in [0.29, 0.717) is 25.1 Å². The van der Waals surface area contributed by atoms with E-state index < -0.39 is 0 Å². The quantitative estimate of drug-likeness (QED) is 0.616. The number of rotatable bonds is 8. The SMILES string of the molecule is COc1cccc(CCNC(=O)c2cc(C(=O)NCc3ccccn3)ccn2)c1. The highest BCUT2D eigenvalue weighted by Gasteiger charge is 2.12. The van der Waals surface area contributed by atoms with Gasteiger partial charge in [-0.2, -0.15) is 0 Å². The highest BCUT2D eigenvalue weighted by atomic mass is 16.5. The van der Waals surface area contributed by atoms with Crippen molar-refractivity contribution in [3.63, 3.8) is 0 Å². The topological polar surface area (TPSA) is 93.2 Å². The molecule has 2 aromatic heterocycles. The van der Waals surface area contributed by atoms with Crippen LogP contribution in [-0.4, -0.2) is 35.4 Å². The molecular formula is C22H22N4O3.